The van der Waals surface area contributed by atoms with Crippen LogP contribution in [0.4, 0.5) is 10.1 Å². The van der Waals surface area contributed by atoms with E-state index in [1.165, 1.54) is 6.07 Å². The summed E-state index contributed by atoms with van der Waals surface area (Å²) in [5, 5.41) is 0. The maximum Gasteiger partial charge on any atom is 0.161 e. The largest absolute Gasteiger partial charge is 0.396 e. The van der Waals surface area contributed by atoms with Crippen molar-refractivity contribution in [3.63, 3.8) is 0 Å². The van der Waals surface area contributed by atoms with Crippen molar-refractivity contribution in [1.29, 1.82) is 0 Å². The van der Waals surface area contributed by atoms with Gasteiger partial charge in [0.05, 0.1) is 10.2 Å². The van der Waals surface area contributed by atoms with Gasteiger partial charge in [0.1, 0.15) is 0 Å². The number of nitrogens with two attached hydrogens (primary N) is 1. The fraction of sp³-hybridized carbons (Fsp3) is 0. The molecule has 0 aliphatic carbocycles. The summed E-state index contributed by atoms with van der Waals surface area (Å²) in [5.41, 5.74) is 5.41. The third kappa shape index (κ3) is 1.32. The van der Waals surface area contributed by atoms with Crippen molar-refractivity contribution in [3.05, 3.63) is 26.9 Å². The highest BCUT2D eigenvalue weighted by Crippen LogP contribution is 2.28. The maximum absolute atomic E-state index is 12.8. The van der Waals surface area contributed by atoms with Crippen LogP contribution in [-0.2, 0) is 0 Å². The molecule has 0 fully saturated rings. The third-order valence-electron chi connectivity index (χ3n) is 1.07. The molecule has 0 aromatic heterocycles. The van der Waals surface area contributed by atoms with Gasteiger partial charge in [-0.3, -0.25) is 0 Å². The minimum Gasteiger partial charge on any atom is -0.396 e. The van der Waals surface area contributed by atoms with E-state index in [1.807, 2.05) is 0 Å². The number of rotatable bonds is 0. The van der Waals surface area contributed by atoms with Crippen LogP contribution >= 0.6 is 31.9 Å². The Morgan fingerprint density at radius 1 is 1.30 bits per heavy atom. The van der Waals surface area contributed by atoms with E-state index >= 15 is 0 Å². The number of hydrogen-bond donors (Lipinski definition) is 1. The second-order valence-corrected chi connectivity index (χ2v) is 3.41. The van der Waals surface area contributed by atoms with Crippen molar-refractivity contribution >= 4 is 37.5 Å². The Balaban J connectivity index is 3.34. The smallest absolute Gasteiger partial charge is 0.161 e. The Kier molecular flexibility index (Phi) is 2.31. The van der Waals surface area contributed by atoms with Gasteiger partial charge in [-0.15, -0.1) is 0 Å². The lowest BCUT2D eigenvalue weighted by molar-refractivity contribution is 0.625. The quantitative estimate of drug-likeness (QED) is 0.568. The first-order valence-corrected chi connectivity index (χ1v) is 4.10. The molecule has 0 saturated carbocycles. The summed E-state index contributed by atoms with van der Waals surface area (Å²) in [6, 6.07) is 3.19. The van der Waals surface area contributed by atoms with E-state index in [1.54, 1.807) is 6.07 Å². The topological polar surface area (TPSA) is 26.0 Å². The van der Waals surface area contributed by atoms with Gasteiger partial charge in [0, 0.05) is 4.47 Å². The molecule has 0 bridgehead atoms. The second kappa shape index (κ2) is 2.88. The van der Waals surface area contributed by atoms with Gasteiger partial charge in [0.2, 0.25) is 0 Å². The number of halogens is 3. The number of hydrogen-bond acceptors (Lipinski definition) is 1. The Bertz CT molecular complexity index is 235. The average Bonchev–Trinajstić information content (AvgIpc) is 1.93. The highest BCUT2D eigenvalue weighted by molar-refractivity contribution is 9.13. The molecule has 0 radical (unpaired) electrons. The highest BCUT2D eigenvalue weighted by atomic mass is 79.9. The zero-order valence-corrected chi connectivity index (χ0v) is 8.04. The molecule has 54 valence electrons. The summed E-state index contributed by atoms with van der Waals surface area (Å²) >= 11 is 6.17. The summed E-state index contributed by atoms with van der Waals surface area (Å²) in [7, 11) is 0. The first kappa shape index (κ1) is 8.01. The molecular formula is C6H4Br2FN. The van der Waals surface area contributed by atoms with Crippen LogP contribution in [0.25, 0.3) is 0 Å². The van der Waals surface area contributed by atoms with E-state index in [0.717, 1.165) is 0 Å². The third-order valence-corrected chi connectivity index (χ3v) is 3.03. The van der Waals surface area contributed by atoms with Crippen LogP contribution in [-0.4, -0.2) is 0 Å². The van der Waals surface area contributed by atoms with Gasteiger partial charge in [0.15, 0.2) is 5.82 Å². The van der Waals surface area contributed by atoms with Crippen LogP contribution < -0.4 is 5.73 Å². The normalized spacial score (nSPS) is 9.90. The maximum atomic E-state index is 12.8. The average molecular weight is 269 g/mol. The van der Waals surface area contributed by atoms with Crippen LogP contribution in [0.3, 0.4) is 0 Å². The van der Waals surface area contributed by atoms with Gasteiger partial charge in [-0.25, -0.2) is 4.39 Å². The fourth-order valence-electron chi connectivity index (χ4n) is 0.541. The van der Waals surface area contributed by atoms with E-state index in [9.17, 15) is 4.39 Å². The van der Waals surface area contributed by atoms with Crippen molar-refractivity contribution in [2.75, 3.05) is 5.73 Å². The Hall–Kier alpha value is -0.0900. The lowest BCUT2D eigenvalue weighted by Gasteiger charge is -1.99. The molecule has 1 rings (SSSR count). The summed E-state index contributed by atoms with van der Waals surface area (Å²) in [6.45, 7) is 0. The van der Waals surface area contributed by atoms with E-state index in [2.05, 4.69) is 31.9 Å². The first-order valence-electron chi connectivity index (χ1n) is 2.52. The summed E-state index contributed by atoms with van der Waals surface area (Å²) in [5.74, 6) is -0.422. The molecule has 0 heterocycles. The molecule has 1 aromatic carbocycles. The van der Waals surface area contributed by atoms with E-state index < -0.39 is 5.82 Å². The minimum atomic E-state index is -0.422. The molecule has 10 heavy (non-hydrogen) atoms. The molecule has 0 spiro atoms. The summed E-state index contributed by atoms with van der Waals surface area (Å²) < 4.78 is 13.8. The van der Waals surface area contributed by atoms with Crippen molar-refractivity contribution in [3.8, 4) is 0 Å². The van der Waals surface area contributed by atoms with E-state index in [0.29, 0.717) is 8.95 Å². The molecule has 0 aliphatic rings. The lowest BCUT2D eigenvalue weighted by Crippen LogP contribution is -1.90. The predicted octanol–water partition coefficient (Wildman–Crippen LogP) is 2.93. The Morgan fingerprint density at radius 2 is 1.90 bits per heavy atom. The molecule has 1 aromatic rings. The van der Waals surface area contributed by atoms with Gasteiger partial charge < -0.3 is 5.73 Å². The van der Waals surface area contributed by atoms with Crippen molar-refractivity contribution in [2.45, 2.75) is 0 Å². The lowest BCUT2D eigenvalue weighted by atomic mass is 10.3. The van der Waals surface area contributed by atoms with Gasteiger partial charge in [-0.05, 0) is 44.0 Å². The minimum absolute atomic E-state index is 0.148. The first-order chi connectivity index (χ1) is 4.63. The van der Waals surface area contributed by atoms with Crippen LogP contribution in [0, 0.1) is 5.82 Å². The zero-order chi connectivity index (χ0) is 7.72. The molecule has 4 heteroatoms. The van der Waals surface area contributed by atoms with E-state index in [-0.39, 0.29) is 5.69 Å². The molecule has 0 atom stereocenters. The van der Waals surface area contributed by atoms with Crippen LogP contribution in [0.1, 0.15) is 0 Å². The number of nitrogen functional groups attached to an aromatic ring is 1. The van der Waals surface area contributed by atoms with Crippen LogP contribution in [0.2, 0.25) is 0 Å². The van der Waals surface area contributed by atoms with Crippen LogP contribution in [0.5, 0.6) is 0 Å². The molecule has 0 saturated heterocycles. The highest BCUT2D eigenvalue weighted by Gasteiger charge is 2.05. The van der Waals surface area contributed by atoms with E-state index in [4.69, 9.17) is 5.73 Å². The number of benzene rings is 1. The predicted molar refractivity (Wildman–Crippen MR) is 46.2 cm³/mol. The van der Waals surface area contributed by atoms with Gasteiger partial charge in [-0.1, -0.05) is 0 Å². The van der Waals surface area contributed by atoms with Crippen molar-refractivity contribution < 1.29 is 4.39 Å². The monoisotopic (exact) mass is 267 g/mol. The molecule has 2 N–H and O–H groups in total. The summed E-state index contributed by atoms with van der Waals surface area (Å²) in [4.78, 5) is 0. The van der Waals surface area contributed by atoms with Crippen molar-refractivity contribution in [1.82, 2.24) is 0 Å². The SMILES string of the molecule is Nc1ccc(Br)c(Br)c1F. The van der Waals surface area contributed by atoms with Gasteiger partial charge >= 0.3 is 0 Å². The molecule has 0 aliphatic heterocycles. The Labute approximate surface area is 74.7 Å². The Morgan fingerprint density at radius 3 is 2.40 bits per heavy atom. The summed E-state index contributed by atoms with van der Waals surface area (Å²) in [6.07, 6.45) is 0. The molecule has 1 nitrogen and oxygen atoms in total. The molecular weight excluding hydrogens is 265 g/mol. The van der Waals surface area contributed by atoms with Crippen LogP contribution in [0.15, 0.2) is 21.1 Å². The number of anilines is 1. The molecule has 0 amide bonds. The second-order valence-electron chi connectivity index (χ2n) is 1.76. The van der Waals surface area contributed by atoms with Gasteiger partial charge in [0.25, 0.3) is 0 Å². The molecule has 0 unspecified atom stereocenters. The van der Waals surface area contributed by atoms with Crippen molar-refractivity contribution in [2.24, 2.45) is 0 Å². The van der Waals surface area contributed by atoms with Gasteiger partial charge in [-0.2, -0.15) is 0 Å². The fourth-order valence-corrected chi connectivity index (χ4v) is 1.21. The standard InChI is InChI=1S/C6H4Br2FN/c7-3-1-2-4(10)6(9)5(3)8/h1-2H,10H2. The zero-order valence-electron chi connectivity index (χ0n) is 4.87.